The van der Waals surface area contributed by atoms with Crippen LogP contribution in [0, 0.1) is 26.7 Å². The molecule has 33 heavy (non-hydrogen) atoms. The van der Waals surface area contributed by atoms with Gasteiger partial charge in [0.2, 0.25) is 15.9 Å². The third-order valence-corrected chi connectivity index (χ3v) is 8.76. The lowest BCUT2D eigenvalue weighted by Gasteiger charge is -2.31. The van der Waals surface area contributed by atoms with Crippen LogP contribution in [0.25, 0.3) is 12.2 Å². The predicted molar refractivity (Wildman–Crippen MR) is 131 cm³/mol. The number of nitrogens with zero attached hydrogens (tertiary/aromatic N) is 2. The molecule has 4 rings (SSSR count). The number of carbonyl (C=O) groups is 1. The van der Waals surface area contributed by atoms with Gasteiger partial charge in [0, 0.05) is 23.7 Å². The number of hydrogen-bond acceptors (Lipinski definition) is 6. The second-order valence-corrected chi connectivity index (χ2v) is 11.2. The van der Waals surface area contributed by atoms with Crippen LogP contribution in [0.4, 0.5) is 5.69 Å². The fourth-order valence-electron chi connectivity index (χ4n) is 3.91. The Balaban J connectivity index is 1.52. The van der Waals surface area contributed by atoms with Gasteiger partial charge in [-0.25, -0.2) is 8.42 Å². The average Bonchev–Trinajstić information content (AvgIpc) is 3.44. The van der Waals surface area contributed by atoms with Crippen LogP contribution in [0.1, 0.15) is 40.3 Å². The van der Waals surface area contributed by atoms with Crippen LogP contribution >= 0.6 is 11.3 Å². The Kier molecular flexibility index (Phi) is 6.83. The van der Waals surface area contributed by atoms with Crippen molar-refractivity contribution in [3.8, 4) is 0 Å². The summed E-state index contributed by atoms with van der Waals surface area (Å²) in [5, 5.41) is 8.78. The zero-order valence-corrected chi connectivity index (χ0v) is 20.5. The molecule has 1 aromatic carbocycles. The molecule has 1 amide bonds. The average molecular weight is 486 g/mol. The standard InChI is InChI=1S/C24H27N3O4S2/c1-16-8-9-20(14-17(16)2)25-24(28)19-6-4-12-27(15-19)33(29,30)23-18(3)26-31-22(23)11-10-21-7-5-13-32-21/h5,7-11,13-14,19H,4,6,12,15H2,1-3H3,(H,25,28). The van der Waals surface area contributed by atoms with Crippen LogP contribution in [0.5, 0.6) is 0 Å². The van der Waals surface area contributed by atoms with Crippen LogP contribution in [0.15, 0.2) is 45.1 Å². The van der Waals surface area contributed by atoms with Gasteiger partial charge in [-0.3, -0.25) is 4.79 Å². The summed E-state index contributed by atoms with van der Waals surface area (Å²) in [5.41, 5.74) is 3.27. The highest BCUT2D eigenvalue weighted by Crippen LogP contribution is 2.30. The predicted octanol–water partition coefficient (Wildman–Crippen LogP) is 4.87. The first-order valence-electron chi connectivity index (χ1n) is 10.8. The molecule has 1 aliphatic rings. The van der Waals surface area contributed by atoms with Gasteiger partial charge in [0.25, 0.3) is 0 Å². The van der Waals surface area contributed by atoms with E-state index in [0.29, 0.717) is 25.1 Å². The molecule has 9 heteroatoms. The molecule has 3 aromatic rings. The summed E-state index contributed by atoms with van der Waals surface area (Å²) in [6, 6.07) is 9.61. The third kappa shape index (κ3) is 5.10. The van der Waals surface area contributed by atoms with Gasteiger partial charge in [0.15, 0.2) is 10.7 Å². The highest BCUT2D eigenvalue weighted by Gasteiger charge is 2.37. The van der Waals surface area contributed by atoms with Crippen molar-refractivity contribution >= 4 is 45.1 Å². The molecule has 0 bridgehead atoms. The first kappa shape index (κ1) is 23.4. The summed E-state index contributed by atoms with van der Waals surface area (Å²) < 4.78 is 33.8. The molecule has 1 saturated heterocycles. The molecule has 2 aromatic heterocycles. The van der Waals surface area contributed by atoms with Gasteiger partial charge in [-0.2, -0.15) is 4.31 Å². The summed E-state index contributed by atoms with van der Waals surface area (Å²) in [6.07, 6.45) is 4.68. The molecule has 174 valence electrons. The van der Waals surface area contributed by atoms with E-state index in [1.165, 1.54) is 4.31 Å². The quantitative estimate of drug-likeness (QED) is 0.538. The summed E-state index contributed by atoms with van der Waals surface area (Å²) in [5.74, 6) is -0.402. The number of nitrogens with one attached hydrogen (secondary N) is 1. The van der Waals surface area contributed by atoms with Crippen LogP contribution in [0.3, 0.4) is 0 Å². The Morgan fingerprint density at radius 1 is 1.21 bits per heavy atom. The second kappa shape index (κ2) is 9.62. The maximum atomic E-state index is 13.5. The zero-order chi connectivity index (χ0) is 23.6. The minimum atomic E-state index is -3.87. The van der Waals surface area contributed by atoms with Crippen LogP contribution < -0.4 is 5.32 Å². The smallest absolute Gasteiger partial charge is 0.248 e. The van der Waals surface area contributed by atoms with Crippen LogP contribution in [-0.4, -0.2) is 36.9 Å². The number of anilines is 1. The highest BCUT2D eigenvalue weighted by molar-refractivity contribution is 7.89. The van der Waals surface area contributed by atoms with Crippen molar-refractivity contribution in [2.45, 2.75) is 38.5 Å². The van der Waals surface area contributed by atoms with Crippen molar-refractivity contribution in [1.29, 1.82) is 0 Å². The highest BCUT2D eigenvalue weighted by atomic mass is 32.2. The number of aryl methyl sites for hydroxylation is 3. The minimum absolute atomic E-state index is 0.0607. The van der Waals surface area contributed by atoms with E-state index >= 15 is 0 Å². The molecule has 3 heterocycles. The van der Waals surface area contributed by atoms with Gasteiger partial charge >= 0.3 is 0 Å². The maximum absolute atomic E-state index is 13.5. The van der Waals surface area contributed by atoms with E-state index in [9.17, 15) is 13.2 Å². The van der Waals surface area contributed by atoms with Gasteiger partial charge in [0.05, 0.1) is 5.92 Å². The number of thiophene rings is 1. The molecule has 7 nitrogen and oxygen atoms in total. The lowest BCUT2D eigenvalue weighted by atomic mass is 9.98. The largest absolute Gasteiger partial charge is 0.355 e. The van der Waals surface area contributed by atoms with E-state index in [2.05, 4.69) is 10.5 Å². The van der Waals surface area contributed by atoms with Crippen molar-refractivity contribution < 1.29 is 17.7 Å². The first-order chi connectivity index (χ1) is 15.8. The van der Waals surface area contributed by atoms with Gasteiger partial charge in [-0.05, 0) is 80.5 Å². The number of sulfonamides is 1. The topological polar surface area (TPSA) is 92.5 Å². The number of piperidine rings is 1. The fourth-order valence-corrected chi connectivity index (χ4v) is 6.30. The molecule has 1 unspecified atom stereocenters. The number of amides is 1. The number of rotatable bonds is 6. The number of aromatic nitrogens is 1. The van der Waals surface area contributed by atoms with Gasteiger partial charge in [-0.15, -0.1) is 11.3 Å². The molecule has 1 fully saturated rings. The lowest BCUT2D eigenvalue weighted by Crippen LogP contribution is -2.43. The monoisotopic (exact) mass is 485 g/mol. The Morgan fingerprint density at radius 3 is 2.76 bits per heavy atom. The van der Waals surface area contributed by atoms with Crippen LogP contribution in [0.2, 0.25) is 0 Å². The second-order valence-electron chi connectivity index (χ2n) is 8.30. The molecule has 1 atom stereocenters. The number of hydrogen-bond donors (Lipinski definition) is 1. The van der Waals surface area contributed by atoms with E-state index in [0.717, 1.165) is 21.7 Å². The van der Waals surface area contributed by atoms with E-state index in [1.807, 2.05) is 49.6 Å². The third-order valence-electron chi connectivity index (χ3n) is 5.90. The maximum Gasteiger partial charge on any atom is 0.248 e. The zero-order valence-electron chi connectivity index (χ0n) is 18.9. The fraction of sp³-hybridized carbons (Fsp3) is 0.333. The molecule has 1 aliphatic heterocycles. The van der Waals surface area contributed by atoms with Crippen molar-refractivity contribution in [1.82, 2.24) is 9.46 Å². The Bertz CT molecular complexity index is 1280. The Morgan fingerprint density at radius 2 is 2.03 bits per heavy atom. The van der Waals surface area contributed by atoms with E-state index < -0.39 is 15.9 Å². The Labute approximate surface area is 198 Å². The van der Waals surface area contributed by atoms with Crippen LogP contribution in [-0.2, 0) is 14.8 Å². The van der Waals surface area contributed by atoms with Crippen molar-refractivity contribution in [2.24, 2.45) is 5.92 Å². The summed E-state index contributed by atoms with van der Waals surface area (Å²) in [4.78, 5) is 14.0. The number of benzene rings is 1. The molecule has 1 N–H and O–H groups in total. The lowest BCUT2D eigenvalue weighted by molar-refractivity contribution is -0.120. The summed E-state index contributed by atoms with van der Waals surface area (Å²) >= 11 is 1.54. The summed E-state index contributed by atoms with van der Waals surface area (Å²) in [6.45, 7) is 6.10. The molecular formula is C24H27N3O4S2. The number of carbonyl (C=O) groups excluding carboxylic acids is 1. The Hall–Kier alpha value is -2.75. The van der Waals surface area contributed by atoms with E-state index in [1.54, 1.807) is 30.4 Å². The van der Waals surface area contributed by atoms with E-state index in [-0.39, 0.29) is 23.1 Å². The van der Waals surface area contributed by atoms with Crippen molar-refractivity contribution in [3.63, 3.8) is 0 Å². The van der Waals surface area contributed by atoms with Gasteiger partial charge in [0.1, 0.15) is 5.69 Å². The van der Waals surface area contributed by atoms with Crippen molar-refractivity contribution in [2.75, 3.05) is 18.4 Å². The van der Waals surface area contributed by atoms with E-state index in [4.69, 9.17) is 4.52 Å². The first-order valence-corrected chi connectivity index (χ1v) is 13.1. The minimum Gasteiger partial charge on any atom is -0.355 e. The molecule has 0 radical (unpaired) electrons. The normalized spacial score (nSPS) is 17.5. The molecule has 0 spiro atoms. The van der Waals surface area contributed by atoms with Gasteiger partial charge < -0.3 is 9.84 Å². The van der Waals surface area contributed by atoms with Crippen molar-refractivity contribution in [3.05, 3.63) is 63.2 Å². The summed E-state index contributed by atoms with van der Waals surface area (Å²) in [7, 11) is -3.87. The van der Waals surface area contributed by atoms with Gasteiger partial charge in [-0.1, -0.05) is 17.3 Å². The SMILES string of the molecule is Cc1ccc(NC(=O)C2CCCN(S(=O)(=O)c3c(C)noc3C=Cc3cccs3)C2)cc1C. The molecular weight excluding hydrogens is 458 g/mol. The molecule has 0 saturated carbocycles. The molecule has 0 aliphatic carbocycles.